The van der Waals surface area contributed by atoms with Gasteiger partial charge in [-0.25, -0.2) is 14.9 Å². The smallest absolute Gasteiger partial charge is 0.342 e. The van der Waals surface area contributed by atoms with E-state index in [1.807, 2.05) is 11.9 Å². The zero-order valence-electron chi connectivity index (χ0n) is 9.11. The Morgan fingerprint density at radius 1 is 1.47 bits per heavy atom. The van der Waals surface area contributed by atoms with E-state index < -0.39 is 11.2 Å². The molecular formula is C9H11N5O3. The van der Waals surface area contributed by atoms with Gasteiger partial charge in [-0.1, -0.05) is 6.92 Å². The van der Waals surface area contributed by atoms with Gasteiger partial charge >= 0.3 is 5.69 Å². The second kappa shape index (κ2) is 4.64. The summed E-state index contributed by atoms with van der Waals surface area (Å²) in [4.78, 5) is 28.1. The lowest BCUT2D eigenvalue weighted by molar-refractivity contribution is 0.465. The van der Waals surface area contributed by atoms with Crippen LogP contribution >= 0.6 is 0 Å². The average molecular weight is 237 g/mol. The number of hydrogen-bond acceptors (Lipinski definition) is 6. The standard InChI is InChI=1S/C9H11N5O3/c1-2-5-3-10-6(17-5)4-11-7-8(15)12-9(16)14-13-7/h3H,2,4H2,1H3,(H,11,13)(H2,12,14,15,16). The van der Waals surface area contributed by atoms with E-state index in [0.717, 1.165) is 12.2 Å². The van der Waals surface area contributed by atoms with Crippen LogP contribution in [0.3, 0.4) is 0 Å². The SMILES string of the molecule is CCc1cnc(CNc2n[nH]c(=O)[nH]c2=O)o1. The lowest BCUT2D eigenvalue weighted by Gasteiger charge is -1.99. The van der Waals surface area contributed by atoms with Crippen LogP contribution in [-0.2, 0) is 13.0 Å². The number of anilines is 1. The molecule has 8 heteroatoms. The highest BCUT2D eigenvalue weighted by atomic mass is 16.4. The van der Waals surface area contributed by atoms with Crippen molar-refractivity contribution >= 4 is 5.82 Å². The van der Waals surface area contributed by atoms with Crippen LogP contribution in [0.2, 0.25) is 0 Å². The molecule has 2 heterocycles. The van der Waals surface area contributed by atoms with Crippen LogP contribution in [-0.4, -0.2) is 20.2 Å². The highest BCUT2D eigenvalue weighted by molar-refractivity contribution is 5.28. The Morgan fingerprint density at radius 3 is 2.94 bits per heavy atom. The highest BCUT2D eigenvalue weighted by Gasteiger charge is 2.05. The maximum atomic E-state index is 11.3. The Labute approximate surface area is 95.1 Å². The summed E-state index contributed by atoms with van der Waals surface area (Å²) in [6.07, 6.45) is 2.38. The van der Waals surface area contributed by atoms with Crippen molar-refractivity contribution in [2.75, 3.05) is 5.32 Å². The van der Waals surface area contributed by atoms with Crippen molar-refractivity contribution in [1.29, 1.82) is 0 Å². The van der Waals surface area contributed by atoms with Crippen LogP contribution < -0.4 is 16.6 Å². The third-order valence-electron chi connectivity index (χ3n) is 2.07. The molecule has 0 saturated carbocycles. The lowest BCUT2D eigenvalue weighted by atomic mass is 10.4. The van der Waals surface area contributed by atoms with E-state index >= 15 is 0 Å². The molecule has 2 rings (SSSR count). The molecule has 90 valence electrons. The molecule has 0 bridgehead atoms. The topological polar surface area (TPSA) is 117 Å². The monoisotopic (exact) mass is 237 g/mol. The first-order chi connectivity index (χ1) is 8.19. The van der Waals surface area contributed by atoms with Crippen LogP contribution in [0.4, 0.5) is 5.82 Å². The van der Waals surface area contributed by atoms with E-state index in [1.54, 1.807) is 6.20 Å². The first kappa shape index (κ1) is 11.1. The van der Waals surface area contributed by atoms with Crippen molar-refractivity contribution < 1.29 is 4.42 Å². The Kier molecular flexibility index (Phi) is 3.03. The van der Waals surface area contributed by atoms with Gasteiger partial charge in [-0.15, -0.1) is 5.10 Å². The normalized spacial score (nSPS) is 10.4. The van der Waals surface area contributed by atoms with Crippen molar-refractivity contribution in [3.63, 3.8) is 0 Å². The first-order valence-corrected chi connectivity index (χ1v) is 5.05. The lowest BCUT2D eigenvalue weighted by Crippen LogP contribution is -2.26. The van der Waals surface area contributed by atoms with Crippen molar-refractivity contribution in [2.24, 2.45) is 0 Å². The molecule has 0 saturated heterocycles. The molecule has 0 aromatic carbocycles. The number of nitrogens with one attached hydrogen (secondary N) is 3. The number of H-pyrrole nitrogens is 2. The van der Waals surface area contributed by atoms with Gasteiger partial charge in [-0.05, 0) is 0 Å². The van der Waals surface area contributed by atoms with Crippen LogP contribution in [0.1, 0.15) is 18.6 Å². The molecule has 2 aromatic heterocycles. The van der Waals surface area contributed by atoms with Crippen molar-refractivity contribution in [1.82, 2.24) is 20.2 Å². The number of aromatic nitrogens is 4. The summed E-state index contributed by atoms with van der Waals surface area (Å²) in [6, 6.07) is 0. The van der Waals surface area contributed by atoms with Gasteiger partial charge in [0.05, 0.1) is 12.7 Å². The summed E-state index contributed by atoms with van der Waals surface area (Å²) in [5, 5.41) is 8.39. The van der Waals surface area contributed by atoms with Crippen LogP contribution in [0.5, 0.6) is 0 Å². The molecule has 0 aliphatic carbocycles. The Bertz CT molecular complexity index is 611. The molecule has 0 atom stereocenters. The number of rotatable bonds is 4. The summed E-state index contributed by atoms with van der Waals surface area (Å²) in [5.41, 5.74) is -1.24. The van der Waals surface area contributed by atoms with E-state index in [0.29, 0.717) is 5.89 Å². The van der Waals surface area contributed by atoms with Crippen LogP contribution in [0, 0.1) is 0 Å². The van der Waals surface area contributed by atoms with E-state index in [2.05, 4.69) is 20.5 Å². The minimum atomic E-state index is -0.648. The summed E-state index contributed by atoms with van der Waals surface area (Å²) in [5.74, 6) is 1.24. The molecule has 0 aliphatic rings. The summed E-state index contributed by atoms with van der Waals surface area (Å²) in [6.45, 7) is 2.17. The average Bonchev–Trinajstić information content (AvgIpc) is 2.76. The van der Waals surface area contributed by atoms with Crippen molar-refractivity contribution in [2.45, 2.75) is 19.9 Å². The van der Waals surface area contributed by atoms with Gasteiger partial charge in [0.25, 0.3) is 5.56 Å². The number of aromatic amines is 2. The summed E-state index contributed by atoms with van der Waals surface area (Å²) in [7, 11) is 0. The first-order valence-electron chi connectivity index (χ1n) is 5.05. The van der Waals surface area contributed by atoms with Gasteiger partial charge in [0.15, 0.2) is 0 Å². The molecule has 0 spiro atoms. The van der Waals surface area contributed by atoms with E-state index in [4.69, 9.17) is 4.42 Å². The van der Waals surface area contributed by atoms with Crippen molar-refractivity contribution in [3.8, 4) is 0 Å². The van der Waals surface area contributed by atoms with Crippen LogP contribution in [0.15, 0.2) is 20.2 Å². The Balaban J connectivity index is 2.07. The fraction of sp³-hybridized carbons (Fsp3) is 0.333. The third-order valence-corrected chi connectivity index (χ3v) is 2.07. The number of aryl methyl sites for hydroxylation is 1. The van der Waals surface area contributed by atoms with Gasteiger partial charge in [0.2, 0.25) is 11.7 Å². The van der Waals surface area contributed by atoms with Gasteiger partial charge in [0.1, 0.15) is 5.76 Å². The molecule has 0 amide bonds. The fourth-order valence-electron chi connectivity index (χ4n) is 1.22. The molecular weight excluding hydrogens is 226 g/mol. The van der Waals surface area contributed by atoms with Crippen LogP contribution in [0.25, 0.3) is 0 Å². The molecule has 0 unspecified atom stereocenters. The fourth-order valence-corrected chi connectivity index (χ4v) is 1.22. The van der Waals surface area contributed by atoms with Gasteiger partial charge in [-0.2, -0.15) is 0 Å². The maximum Gasteiger partial charge on any atom is 0.342 e. The Morgan fingerprint density at radius 2 is 2.29 bits per heavy atom. The second-order valence-corrected chi connectivity index (χ2v) is 3.28. The third kappa shape index (κ3) is 2.60. The Hall–Kier alpha value is -2.38. The minimum absolute atomic E-state index is 0.0147. The van der Waals surface area contributed by atoms with Gasteiger partial charge < -0.3 is 9.73 Å². The highest BCUT2D eigenvalue weighted by Crippen LogP contribution is 2.04. The van der Waals surface area contributed by atoms with Gasteiger partial charge in [-0.3, -0.25) is 9.78 Å². The molecule has 3 N–H and O–H groups in total. The molecule has 0 fully saturated rings. The zero-order valence-corrected chi connectivity index (χ0v) is 9.11. The second-order valence-electron chi connectivity index (χ2n) is 3.28. The quantitative estimate of drug-likeness (QED) is 0.667. The maximum absolute atomic E-state index is 11.3. The number of oxazole rings is 1. The van der Waals surface area contributed by atoms with E-state index in [9.17, 15) is 9.59 Å². The van der Waals surface area contributed by atoms with Crippen molar-refractivity contribution in [3.05, 3.63) is 38.7 Å². The zero-order chi connectivity index (χ0) is 12.3. The molecule has 2 aromatic rings. The number of nitrogens with zero attached hydrogens (tertiary/aromatic N) is 2. The van der Waals surface area contributed by atoms with Gasteiger partial charge in [0, 0.05) is 6.42 Å². The largest absolute Gasteiger partial charge is 0.444 e. The predicted octanol–water partition coefficient (Wildman–Crippen LogP) is -0.379. The summed E-state index contributed by atoms with van der Waals surface area (Å²) >= 11 is 0. The number of hydrogen-bond donors (Lipinski definition) is 3. The van der Waals surface area contributed by atoms with E-state index in [-0.39, 0.29) is 12.4 Å². The molecule has 0 aliphatic heterocycles. The molecule has 17 heavy (non-hydrogen) atoms. The van der Waals surface area contributed by atoms with E-state index in [1.165, 1.54) is 0 Å². The molecule has 8 nitrogen and oxygen atoms in total. The molecule has 0 radical (unpaired) electrons. The summed E-state index contributed by atoms with van der Waals surface area (Å²) < 4.78 is 5.33. The minimum Gasteiger partial charge on any atom is -0.444 e. The predicted molar refractivity (Wildman–Crippen MR) is 58.7 cm³/mol.